The second kappa shape index (κ2) is 10.9. The minimum atomic E-state index is 0.0375. The number of guanidine groups is 1. The van der Waals surface area contributed by atoms with Gasteiger partial charge in [-0.25, -0.2) is 4.99 Å². The summed E-state index contributed by atoms with van der Waals surface area (Å²) in [4.78, 5) is 4.67. The largest absolute Gasteiger partial charge is 0.493 e. The molecule has 0 radical (unpaired) electrons. The van der Waals surface area contributed by atoms with E-state index in [1.807, 2.05) is 19.1 Å². The highest BCUT2D eigenvalue weighted by Gasteiger charge is 2.24. The van der Waals surface area contributed by atoms with Crippen molar-refractivity contribution in [3.63, 3.8) is 0 Å². The molecule has 1 atom stereocenters. The van der Waals surface area contributed by atoms with Crippen molar-refractivity contribution in [1.82, 2.24) is 10.6 Å². The van der Waals surface area contributed by atoms with Crippen LogP contribution in [0, 0.1) is 5.41 Å². The number of ether oxygens (including phenoxy) is 4. The summed E-state index contributed by atoms with van der Waals surface area (Å²) >= 11 is 0. The molecular formula is C20H35N3O4. The molecule has 7 nitrogen and oxygen atoms in total. The maximum atomic E-state index is 5.60. The average Bonchev–Trinajstić information content (AvgIpc) is 2.64. The van der Waals surface area contributed by atoms with Crippen molar-refractivity contribution in [3.8, 4) is 17.2 Å². The van der Waals surface area contributed by atoms with Gasteiger partial charge in [0.15, 0.2) is 17.5 Å². The molecule has 0 aliphatic rings. The van der Waals surface area contributed by atoms with E-state index < -0.39 is 0 Å². The lowest BCUT2D eigenvalue weighted by atomic mass is 9.89. The smallest absolute Gasteiger partial charge is 0.203 e. The molecule has 0 aliphatic carbocycles. The first-order valence-corrected chi connectivity index (χ1v) is 9.14. The van der Waals surface area contributed by atoms with Crippen molar-refractivity contribution in [1.29, 1.82) is 0 Å². The molecule has 0 saturated heterocycles. The zero-order chi connectivity index (χ0) is 20.4. The van der Waals surface area contributed by atoms with Gasteiger partial charge >= 0.3 is 0 Å². The Morgan fingerprint density at radius 2 is 1.59 bits per heavy atom. The van der Waals surface area contributed by atoms with Crippen LogP contribution in [0.2, 0.25) is 0 Å². The third kappa shape index (κ3) is 6.82. The molecule has 1 unspecified atom stereocenters. The Morgan fingerprint density at radius 1 is 1.00 bits per heavy atom. The molecule has 0 saturated carbocycles. The van der Waals surface area contributed by atoms with E-state index in [0.717, 1.165) is 18.1 Å². The number of rotatable bonds is 9. The van der Waals surface area contributed by atoms with E-state index in [-0.39, 0.29) is 11.5 Å². The Kier molecular flexibility index (Phi) is 9.21. The minimum absolute atomic E-state index is 0.0375. The summed E-state index contributed by atoms with van der Waals surface area (Å²) in [6.45, 7) is 10.4. The van der Waals surface area contributed by atoms with Gasteiger partial charge in [0.25, 0.3) is 0 Å². The molecule has 0 bridgehead atoms. The van der Waals surface area contributed by atoms with Crippen molar-refractivity contribution in [2.24, 2.45) is 10.4 Å². The summed E-state index contributed by atoms with van der Waals surface area (Å²) in [5.41, 5.74) is 0.997. The molecule has 2 N–H and O–H groups in total. The van der Waals surface area contributed by atoms with Gasteiger partial charge in [0, 0.05) is 20.2 Å². The van der Waals surface area contributed by atoms with E-state index >= 15 is 0 Å². The van der Waals surface area contributed by atoms with E-state index in [1.165, 1.54) is 0 Å². The second-order valence-corrected chi connectivity index (χ2v) is 7.20. The van der Waals surface area contributed by atoms with Crippen LogP contribution in [0.15, 0.2) is 17.1 Å². The lowest BCUT2D eigenvalue weighted by Gasteiger charge is -2.30. The van der Waals surface area contributed by atoms with Crippen molar-refractivity contribution < 1.29 is 18.9 Å². The molecule has 0 amide bonds. The molecule has 0 aliphatic heterocycles. The Labute approximate surface area is 163 Å². The highest BCUT2D eigenvalue weighted by atomic mass is 16.5. The van der Waals surface area contributed by atoms with Gasteiger partial charge in [-0.05, 0) is 30.0 Å². The standard InChI is InChI=1S/C20H35N3O4/c1-9-21-19(23-13-17(26-7)20(2,3)4)22-12-14-10-15(24-5)18(27-8)16(11-14)25-6/h10-11,17H,9,12-13H2,1-8H3,(H2,21,22,23). The van der Waals surface area contributed by atoms with Gasteiger partial charge in [-0.1, -0.05) is 20.8 Å². The summed E-state index contributed by atoms with van der Waals surface area (Å²) in [5.74, 6) is 2.54. The Balaban J connectivity index is 2.94. The molecule has 1 aromatic rings. The van der Waals surface area contributed by atoms with Crippen molar-refractivity contribution >= 4 is 5.96 Å². The van der Waals surface area contributed by atoms with E-state index in [4.69, 9.17) is 18.9 Å². The highest BCUT2D eigenvalue weighted by Crippen LogP contribution is 2.38. The van der Waals surface area contributed by atoms with Crippen LogP contribution < -0.4 is 24.8 Å². The molecule has 7 heteroatoms. The molecule has 1 rings (SSSR count). The summed E-state index contributed by atoms with van der Waals surface area (Å²) in [7, 11) is 6.53. The van der Waals surface area contributed by atoms with Gasteiger partial charge < -0.3 is 29.6 Å². The zero-order valence-corrected chi connectivity index (χ0v) is 17.9. The van der Waals surface area contributed by atoms with Crippen molar-refractivity contribution in [3.05, 3.63) is 17.7 Å². The van der Waals surface area contributed by atoms with Crippen LogP contribution in [0.25, 0.3) is 0 Å². The minimum Gasteiger partial charge on any atom is -0.493 e. The monoisotopic (exact) mass is 381 g/mol. The second-order valence-electron chi connectivity index (χ2n) is 7.20. The number of benzene rings is 1. The fourth-order valence-electron chi connectivity index (χ4n) is 2.67. The van der Waals surface area contributed by atoms with Gasteiger partial charge in [0.2, 0.25) is 5.75 Å². The van der Waals surface area contributed by atoms with Crippen LogP contribution >= 0.6 is 0 Å². The van der Waals surface area contributed by atoms with Crippen LogP contribution in [-0.4, -0.2) is 53.6 Å². The number of hydrogen-bond donors (Lipinski definition) is 2. The zero-order valence-electron chi connectivity index (χ0n) is 17.9. The van der Waals surface area contributed by atoms with Gasteiger partial charge in [-0.2, -0.15) is 0 Å². The van der Waals surface area contributed by atoms with E-state index in [9.17, 15) is 0 Å². The van der Waals surface area contributed by atoms with Crippen LogP contribution in [0.5, 0.6) is 17.2 Å². The molecular weight excluding hydrogens is 346 g/mol. The first kappa shape index (κ1) is 22.9. The Morgan fingerprint density at radius 3 is 2.00 bits per heavy atom. The number of methoxy groups -OCH3 is 4. The molecule has 154 valence electrons. The lowest BCUT2D eigenvalue weighted by Crippen LogP contribution is -2.45. The topological polar surface area (TPSA) is 73.3 Å². The van der Waals surface area contributed by atoms with Gasteiger partial charge in [0.1, 0.15) is 0 Å². The molecule has 1 aromatic carbocycles. The SMILES string of the molecule is CCNC(=NCc1cc(OC)c(OC)c(OC)c1)NCC(OC)C(C)(C)C. The predicted octanol–water partition coefficient (Wildman–Crippen LogP) is 2.83. The summed E-state index contributed by atoms with van der Waals surface area (Å²) < 4.78 is 21.8. The van der Waals surface area contributed by atoms with Crippen LogP contribution in [0.4, 0.5) is 0 Å². The Hall–Kier alpha value is -2.15. The highest BCUT2D eigenvalue weighted by molar-refractivity contribution is 5.79. The lowest BCUT2D eigenvalue weighted by molar-refractivity contribution is 0.0205. The number of hydrogen-bond acceptors (Lipinski definition) is 5. The summed E-state index contributed by atoms with van der Waals surface area (Å²) in [6.07, 6.45) is 0.0718. The molecule has 27 heavy (non-hydrogen) atoms. The maximum Gasteiger partial charge on any atom is 0.203 e. The Bertz CT molecular complexity index is 587. The van der Waals surface area contributed by atoms with Gasteiger partial charge in [-0.3, -0.25) is 0 Å². The normalized spacial score (nSPS) is 13.1. The first-order valence-electron chi connectivity index (χ1n) is 9.14. The fraction of sp³-hybridized carbons (Fsp3) is 0.650. The van der Waals surface area contributed by atoms with E-state index in [1.54, 1.807) is 28.4 Å². The van der Waals surface area contributed by atoms with Crippen LogP contribution in [0.1, 0.15) is 33.3 Å². The molecule has 0 aromatic heterocycles. The number of aliphatic imine (C=N–C) groups is 1. The molecule has 0 spiro atoms. The van der Waals surface area contributed by atoms with E-state index in [2.05, 4.69) is 36.4 Å². The van der Waals surface area contributed by atoms with Gasteiger partial charge in [0.05, 0.1) is 34.0 Å². The summed E-state index contributed by atoms with van der Waals surface area (Å²) in [5, 5.41) is 6.61. The van der Waals surface area contributed by atoms with Crippen LogP contribution in [0.3, 0.4) is 0 Å². The fourth-order valence-corrected chi connectivity index (χ4v) is 2.67. The quantitative estimate of drug-likeness (QED) is 0.506. The third-order valence-corrected chi connectivity index (χ3v) is 4.19. The number of nitrogens with one attached hydrogen (secondary N) is 2. The molecule has 0 fully saturated rings. The van der Waals surface area contributed by atoms with Crippen molar-refractivity contribution in [2.45, 2.75) is 40.3 Å². The average molecular weight is 382 g/mol. The van der Waals surface area contributed by atoms with Gasteiger partial charge in [-0.15, -0.1) is 0 Å². The first-order chi connectivity index (χ1) is 12.8. The third-order valence-electron chi connectivity index (χ3n) is 4.19. The van der Waals surface area contributed by atoms with E-state index in [0.29, 0.717) is 30.3 Å². The van der Waals surface area contributed by atoms with Crippen molar-refractivity contribution in [2.75, 3.05) is 41.5 Å². The number of nitrogens with zero attached hydrogens (tertiary/aromatic N) is 1. The predicted molar refractivity (Wildman–Crippen MR) is 109 cm³/mol. The maximum absolute atomic E-state index is 5.60. The molecule has 0 heterocycles. The van der Waals surface area contributed by atoms with Crippen LogP contribution in [-0.2, 0) is 11.3 Å². The summed E-state index contributed by atoms with van der Waals surface area (Å²) in [6, 6.07) is 3.81.